The summed E-state index contributed by atoms with van der Waals surface area (Å²) in [5, 5.41) is 16.4. The van der Waals surface area contributed by atoms with Crippen LogP contribution in [0.5, 0.6) is 0 Å². The summed E-state index contributed by atoms with van der Waals surface area (Å²) in [6.07, 6.45) is 2.52. The summed E-state index contributed by atoms with van der Waals surface area (Å²) in [6, 6.07) is 9.58. The van der Waals surface area contributed by atoms with Crippen LogP contribution < -0.4 is 4.72 Å². The van der Waals surface area contributed by atoms with Crippen molar-refractivity contribution in [1.29, 1.82) is 0 Å². The first kappa shape index (κ1) is 17.1. The van der Waals surface area contributed by atoms with Gasteiger partial charge in [0.2, 0.25) is 10.0 Å². The van der Waals surface area contributed by atoms with E-state index in [-0.39, 0.29) is 28.9 Å². The lowest BCUT2D eigenvalue weighted by Crippen LogP contribution is -2.54. The van der Waals surface area contributed by atoms with E-state index in [0.717, 1.165) is 5.56 Å². The number of aromatic nitrogens is 2. The average molecular weight is 349 g/mol. The SMILES string of the molecule is CC(C)c1[nH]ncc1S(=O)(=O)NC1CC(CO)(c2ccccc2)C1. The third-order valence-electron chi connectivity index (χ3n) is 4.78. The van der Waals surface area contributed by atoms with Gasteiger partial charge in [0, 0.05) is 11.5 Å². The molecular weight excluding hydrogens is 326 g/mol. The van der Waals surface area contributed by atoms with Gasteiger partial charge in [0.05, 0.1) is 18.5 Å². The zero-order valence-electron chi connectivity index (χ0n) is 13.9. The predicted octanol–water partition coefficient (Wildman–Crippen LogP) is 1.90. The van der Waals surface area contributed by atoms with Gasteiger partial charge >= 0.3 is 0 Å². The molecule has 3 N–H and O–H groups in total. The molecule has 0 amide bonds. The van der Waals surface area contributed by atoms with Crippen molar-refractivity contribution in [2.75, 3.05) is 6.61 Å². The molecule has 0 atom stereocenters. The maximum absolute atomic E-state index is 12.6. The molecule has 1 aromatic heterocycles. The summed E-state index contributed by atoms with van der Waals surface area (Å²) in [6.45, 7) is 3.85. The lowest BCUT2D eigenvalue weighted by atomic mass is 9.62. The van der Waals surface area contributed by atoms with Crippen LogP contribution in [0.3, 0.4) is 0 Å². The lowest BCUT2D eigenvalue weighted by molar-refractivity contribution is 0.0951. The fourth-order valence-corrected chi connectivity index (χ4v) is 4.91. The molecule has 0 radical (unpaired) electrons. The highest BCUT2D eigenvalue weighted by molar-refractivity contribution is 7.89. The standard InChI is InChI=1S/C17H23N3O3S/c1-12(2)16-15(10-18-19-16)24(22,23)20-14-8-17(9-14,11-21)13-6-4-3-5-7-13/h3-7,10,12,14,20-21H,8-9,11H2,1-2H3,(H,18,19). The predicted molar refractivity (Wildman–Crippen MR) is 91.2 cm³/mol. The number of aliphatic hydroxyl groups excluding tert-OH is 1. The zero-order valence-corrected chi connectivity index (χ0v) is 14.7. The fraction of sp³-hybridized carbons (Fsp3) is 0.471. The number of nitrogens with zero attached hydrogens (tertiary/aromatic N) is 1. The van der Waals surface area contributed by atoms with Crippen molar-refractivity contribution < 1.29 is 13.5 Å². The molecule has 7 heteroatoms. The number of nitrogens with one attached hydrogen (secondary N) is 2. The van der Waals surface area contributed by atoms with E-state index < -0.39 is 10.0 Å². The third kappa shape index (κ3) is 2.99. The van der Waals surface area contributed by atoms with Gasteiger partial charge < -0.3 is 5.11 Å². The van der Waals surface area contributed by atoms with Gasteiger partial charge in [-0.25, -0.2) is 13.1 Å². The summed E-state index contributed by atoms with van der Waals surface area (Å²) in [5.41, 5.74) is 1.30. The van der Waals surface area contributed by atoms with Crippen molar-refractivity contribution in [3.05, 3.63) is 47.8 Å². The fourth-order valence-electron chi connectivity index (χ4n) is 3.41. The van der Waals surface area contributed by atoms with Crippen molar-refractivity contribution in [1.82, 2.24) is 14.9 Å². The molecule has 1 aliphatic rings. The van der Waals surface area contributed by atoms with Crippen LogP contribution in [0.15, 0.2) is 41.4 Å². The van der Waals surface area contributed by atoms with Crippen LogP contribution in [0.4, 0.5) is 0 Å². The van der Waals surface area contributed by atoms with E-state index in [1.165, 1.54) is 6.20 Å². The Morgan fingerprint density at radius 3 is 2.58 bits per heavy atom. The second-order valence-corrected chi connectivity index (χ2v) is 8.52. The number of H-pyrrole nitrogens is 1. The molecule has 6 nitrogen and oxygen atoms in total. The number of aromatic amines is 1. The summed E-state index contributed by atoms with van der Waals surface area (Å²) in [5.74, 6) is 0.0429. The minimum atomic E-state index is -3.62. The van der Waals surface area contributed by atoms with Gasteiger partial charge in [-0.15, -0.1) is 0 Å². The van der Waals surface area contributed by atoms with Crippen molar-refractivity contribution in [3.8, 4) is 0 Å². The Bertz CT molecular complexity index is 793. The number of aliphatic hydroxyl groups is 1. The Hall–Kier alpha value is -1.70. The molecule has 1 aromatic carbocycles. The van der Waals surface area contributed by atoms with Crippen molar-refractivity contribution in [3.63, 3.8) is 0 Å². The number of hydrogen-bond donors (Lipinski definition) is 3. The number of rotatable bonds is 6. The number of hydrogen-bond acceptors (Lipinski definition) is 4. The average Bonchev–Trinajstić information content (AvgIpc) is 3.02. The highest BCUT2D eigenvalue weighted by atomic mass is 32.2. The van der Waals surface area contributed by atoms with Crippen LogP contribution in [0.1, 0.15) is 43.9 Å². The van der Waals surface area contributed by atoms with Gasteiger partial charge in [-0.3, -0.25) is 5.10 Å². The highest BCUT2D eigenvalue weighted by Gasteiger charge is 2.46. The monoisotopic (exact) mass is 349 g/mol. The van der Waals surface area contributed by atoms with Crippen molar-refractivity contribution in [2.24, 2.45) is 0 Å². The number of sulfonamides is 1. The van der Waals surface area contributed by atoms with E-state index in [2.05, 4.69) is 14.9 Å². The second-order valence-electron chi connectivity index (χ2n) is 6.83. The Morgan fingerprint density at radius 1 is 1.33 bits per heavy atom. The van der Waals surface area contributed by atoms with Crippen LogP contribution in [0.25, 0.3) is 0 Å². The van der Waals surface area contributed by atoms with Gasteiger partial charge in [-0.2, -0.15) is 5.10 Å². The Labute approximate surface area is 142 Å². The summed E-state index contributed by atoms with van der Waals surface area (Å²) in [7, 11) is -3.62. The van der Waals surface area contributed by atoms with E-state index in [4.69, 9.17) is 0 Å². The van der Waals surface area contributed by atoms with Crippen LogP contribution in [0.2, 0.25) is 0 Å². The van der Waals surface area contributed by atoms with Crippen LogP contribution >= 0.6 is 0 Å². The molecule has 0 spiro atoms. The molecule has 0 bridgehead atoms. The van der Waals surface area contributed by atoms with E-state index in [0.29, 0.717) is 18.5 Å². The smallest absolute Gasteiger partial charge is 0.244 e. The minimum absolute atomic E-state index is 0.0121. The van der Waals surface area contributed by atoms with Crippen molar-refractivity contribution >= 4 is 10.0 Å². The van der Waals surface area contributed by atoms with Gasteiger partial charge in [-0.1, -0.05) is 44.2 Å². The molecule has 130 valence electrons. The molecule has 0 aliphatic heterocycles. The normalized spacial score (nSPS) is 24.1. The highest BCUT2D eigenvalue weighted by Crippen LogP contribution is 2.44. The van der Waals surface area contributed by atoms with Crippen molar-refractivity contribution in [2.45, 2.75) is 49.0 Å². The lowest BCUT2D eigenvalue weighted by Gasteiger charge is -2.47. The molecule has 2 aromatic rings. The minimum Gasteiger partial charge on any atom is -0.395 e. The van der Waals surface area contributed by atoms with Gasteiger partial charge in [-0.05, 0) is 24.3 Å². The van der Waals surface area contributed by atoms with Crippen LogP contribution in [-0.2, 0) is 15.4 Å². The number of benzene rings is 1. The molecule has 3 rings (SSSR count). The molecular formula is C17H23N3O3S. The Kier molecular flexibility index (Phi) is 4.50. The van der Waals surface area contributed by atoms with Gasteiger partial charge in [0.1, 0.15) is 4.90 Å². The van der Waals surface area contributed by atoms with E-state index in [9.17, 15) is 13.5 Å². The van der Waals surface area contributed by atoms with Crippen LogP contribution in [0, 0.1) is 0 Å². The summed E-state index contributed by atoms with van der Waals surface area (Å²) >= 11 is 0. The van der Waals surface area contributed by atoms with Gasteiger partial charge in [0.25, 0.3) is 0 Å². The topological polar surface area (TPSA) is 95.1 Å². The molecule has 1 saturated carbocycles. The molecule has 1 heterocycles. The Balaban J connectivity index is 1.74. The molecule has 0 saturated heterocycles. The Morgan fingerprint density at radius 2 is 2.00 bits per heavy atom. The molecule has 1 fully saturated rings. The second kappa shape index (κ2) is 6.31. The van der Waals surface area contributed by atoms with E-state index >= 15 is 0 Å². The maximum atomic E-state index is 12.6. The molecule has 24 heavy (non-hydrogen) atoms. The van der Waals surface area contributed by atoms with Gasteiger partial charge in [0.15, 0.2) is 0 Å². The maximum Gasteiger partial charge on any atom is 0.244 e. The zero-order chi connectivity index (χ0) is 17.4. The third-order valence-corrected chi connectivity index (χ3v) is 6.33. The van der Waals surface area contributed by atoms with E-state index in [1.54, 1.807) is 0 Å². The first-order chi connectivity index (χ1) is 11.4. The van der Waals surface area contributed by atoms with E-state index in [1.807, 2.05) is 44.2 Å². The molecule has 0 unspecified atom stereocenters. The first-order valence-corrected chi connectivity index (χ1v) is 9.58. The first-order valence-electron chi connectivity index (χ1n) is 8.10. The molecule has 1 aliphatic carbocycles. The quantitative estimate of drug-likeness (QED) is 0.742. The summed E-state index contributed by atoms with van der Waals surface area (Å²) < 4.78 is 28.0. The van der Waals surface area contributed by atoms with Crippen LogP contribution in [-0.4, -0.2) is 36.4 Å². The summed E-state index contributed by atoms with van der Waals surface area (Å²) in [4.78, 5) is 0.207. The largest absolute Gasteiger partial charge is 0.395 e.